The predicted octanol–water partition coefficient (Wildman–Crippen LogP) is 3.22. The monoisotopic (exact) mass is 485 g/mol. The van der Waals surface area contributed by atoms with E-state index in [9.17, 15) is 26.4 Å². The number of benzene rings is 2. The van der Waals surface area contributed by atoms with Gasteiger partial charge in [0, 0.05) is 31.9 Å². The van der Waals surface area contributed by atoms with Gasteiger partial charge in [-0.15, -0.1) is 0 Å². The third-order valence-electron chi connectivity index (χ3n) is 5.28. The van der Waals surface area contributed by atoms with Crippen LogP contribution in [0.5, 0.6) is 5.75 Å². The maximum Gasteiger partial charge on any atom is 0.416 e. The van der Waals surface area contributed by atoms with E-state index in [0.717, 1.165) is 22.7 Å². The lowest BCUT2D eigenvalue weighted by Gasteiger charge is -2.37. The fourth-order valence-electron chi connectivity index (χ4n) is 3.64. The first-order valence-electron chi connectivity index (χ1n) is 10.4. The highest BCUT2D eigenvalue weighted by Crippen LogP contribution is 2.32. The fourth-order valence-corrected chi connectivity index (χ4v) is 4.49. The molecule has 3 rings (SSSR count). The van der Waals surface area contributed by atoms with Crippen molar-refractivity contribution in [1.82, 2.24) is 4.90 Å². The van der Waals surface area contributed by atoms with Crippen LogP contribution >= 0.6 is 0 Å². The molecule has 0 saturated carbocycles. The zero-order valence-electron chi connectivity index (χ0n) is 18.4. The molecule has 2 aromatic rings. The van der Waals surface area contributed by atoms with Crippen molar-refractivity contribution in [3.05, 3.63) is 54.1 Å². The Hall–Kier alpha value is -2.95. The topological polar surface area (TPSA) is 70.2 Å². The second-order valence-corrected chi connectivity index (χ2v) is 9.49. The van der Waals surface area contributed by atoms with Gasteiger partial charge in [-0.3, -0.25) is 9.10 Å². The molecule has 0 radical (unpaired) electrons. The summed E-state index contributed by atoms with van der Waals surface area (Å²) in [7, 11) is -3.78. The van der Waals surface area contributed by atoms with Gasteiger partial charge in [-0.05, 0) is 37.3 Å². The summed E-state index contributed by atoms with van der Waals surface area (Å²) in [6.45, 7) is 2.91. The van der Waals surface area contributed by atoms with Crippen LogP contribution < -0.4 is 13.9 Å². The number of rotatable bonds is 7. The van der Waals surface area contributed by atoms with Gasteiger partial charge in [-0.2, -0.15) is 13.2 Å². The number of carbonyl (C=O) groups is 1. The van der Waals surface area contributed by atoms with Gasteiger partial charge in [0.2, 0.25) is 15.9 Å². The molecule has 7 nitrogen and oxygen atoms in total. The molecular weight excluding hydrogens is 459 g/mol. The number of nitrogens with zero attached hydrogens (tertiary/aromatic N) is 3. The van der Waals surface area contributed by atoms with Gasteiger partial charge in [-0.1, -0.05) is 18.2 Å². The number of carbonyl (C=O) groups excluding carboxylic acids is 1. The molecule has 0 aliphatic carbocycles. The molecule has 33 heavy (non-hydrogen) atoms. The smallest absolute Gasteiger partial charge is 0.416 e. The van der Waals surface area contributed by atoms with Crippen molar-refractivity contribution in [3.63, 3.8) is 0 Å². The lowest BCUT2D eigenvalue weighted by atomic mass is 10.1. The van der Waals surface area contributed by atoms with Crippen LogP contribution in [0, 0.1) is 0 Å². The lowest BCUT2D eigenvalue weighted by molar-refractivity contribution is -0.137. The first-order chi connectivity index (χ1) is 15.5. The molecule has 0 aromatic heterocycles. The molecule has 0 bridgehead atoms. The van der Waals surface area contributed by atoms with Crippen LogP contribution in [0.15, 0.2) is 48.5 Å². The highest BCUT2D eigenvalue weighted by molar-refractivity contribution is 7.92. The average molecular weight is 486 g/mol. The Kier molecular flexibility index (Phi) is 7.41. The predicted molar refractivity (Wildman–Crippen MR) is 120 cm³/mol. The molecule has 11 heteroatoms. The standard InChI is InChI=1S/C22H26F3N3O4S/c1-3-32-20-10-5-4-9-19(20)28(33(2,30)31)16-21(29)27-13-11-26(12-14-27)18-8-6-7-17(15-18)22(23,24)25/h4-10,15H,3,11-14,16H2,1-2H3. The van der Waals surface area contributed by atoms with Crippen LogP contribution in [0.1, 0.15) is 12.5 Å². The maximum atomic E-state index is 13.0. The highest BCUT2D eigenvalue weighted by atomic mass is 32.2. The summed E-state index contributed by atoms with van der Waals surface area (Å²) in [4.78, 5) is 16.2. The van der Waals surface area contributed by atoms with Crippen molar-refractivity contribution >= 4 is 27.3 Å². The van der Waals surface area contributed by atoms with Crippen LogP contribution in [0.3, 0.4) is 0 Å². The molecule has 1 heterocycles. The SMILES string of the molecule is CCOc1ccccc1N(CC(=O)N1CCN(c2cccc(C(F)(F)F)c2)CC1)S(C)(=O)=O. The van der Waals surface area contributed by atoms with Gasteiger partial charge in [0.15, 0.2) is 0 Å². The maximum absolute atomic E-state index is 13.0. The van der Waals surface area contributed by atoms with Crippen molar-refractivity contribution in [1.29, 1.82) is 0 Å². The average Bonchev–Trinajstić information content (AvgIpc) is 2.77. The summed E-state index contributed by atoms with van der Waals surface area (Å²) in [5, 5.41) is 0. The number of hydrogen-bond donors (Lipinski definition) is 0. The van der Waals surface area contributed by atoms with E-state index in [1.165, 1.54) is 11.0 Å². The summed E-state index contributed by atoms with van der Waals surface area (Å²) in [6.07, 6.45) is -3.41. The Balaban J connectivity index is 1.70. The molecule has 1 aliphatic heterocycles. The molecule has 1 saturated heterocycles. The summed E-state index contributed by atoms with van der Waals surface area (Å²) in [5.41, 5.74) is -0.0200. The minimum atomic E-state index is -4.43. The van der Waals surface area contributed by atoms with Gasteiger partial charge in [0.1, 0.15) is 12.3 Å². The van der Waals surface area contributed by atoms with E-state index in [1.54, 1.807) is 42.2 Å². The molecule has 180 valence electrons. The number of para-hydroxylation sites is 2. The third kappa shape index (κ3) is 6.10. The van der Waals surface area contributed by atoms with Gasteiger partial charge >= 0.3 is 6.18 Å². The van der Waals surface area contributed by atoms with Crippen molar-refractivity contribution < 1.29 is 31.1 Å². The zero-order chi connectivity index (χ0) is 24.2. The molecule has 0 spiro atoms. The number of amides is 1. The van der Waals surface area contributed by atoms with Gasteiger partial charge < -0.3 is 14.5 Å². The highest BCUT2D eigenvalue weighted by Gasteiger charge is 2.32. The minimum absolute atomic E-state index is 0.264. The van der Waals surface area contributed by atoms with Crippen molar-refractivity contribution in [2.45, 2.75) is 13.1 Å². The molecule has 0 unspecified atom stereocenters. The quantitative estimate of drug-likeness (QED) is 0.603. The summed E-state index contributed by atoms with van der Waals surface area (Å²) in [6, 6.07) is 11.6. The number of anilines is 2. The fraction of sp³-hybridized carbons (Fsp3) is 0.409. The second-order valence-electron chi connectivity index (χ2n) is 7.59. The van der Waals surface area contributed by atoms with Crippen LogP contribution in [0.2, 0.25) is 0 Å². The Bertz CT molecular complexity index is 1080. The molecule has 0 atom stereocenters. The van der Waals surface area contributed by atoms with E-state index in [4.69, 9.17) is 4.74 Å². The number of halogens is 3. The first kappa shape index (κ1) is 24.7. The van der Waals surface area contributed by atoms with Crippen molar-refractivity contribution in [2.75, 3.05) is 54.8 Å². The van der Waals surface area contributed by atoms with E-state index < -0.39 is 34.2 Å². The van der Waals surface area contributed by atoms with Crippen molar-refractivity contribution in [2.24, 2.45) is 0 Å². The van der Waals surface area contributed by atoms with E-state index in [0.29, 0.717) is 31.1 Å². The molecule has 1 fully saturated rings. The zero-order valence-corrected chi connectivity index (χ0v) is 19.2. The minimum Gasteiger partial charge on any atom is -0.492 e. The second kappa shape index (κ2) is 9.90. The molecule has 0 N–H and O–H groups in total. The van der Waals surface area contributed by atoms with Crippen LogP contribution in [-0.4, -0.2) is 64.8 Å². The van der Waals surface area contributed by atoms with Gasteiger partial charge in [0.25, 0.3) is 0 Å². The van der Waals surface area contributed by atoms with E-state index in [1.807, 2.05) is 0 Å². The first-order valence-corrected chi connectivity index (χ1v) is 12.2. The van der Waals surface area contributed by atoms with Crippen LogP contribution in [0.4, 0.5) is 24.5 Å². The Morgan fingerprint density at radius 2 is 1.73 bits per heavy atom. The Morgan fingerprint density at radius 1 is 1.06 bits per heavy atom. The number of sulfonamides is 1. The molecular formula is C22H26F3N3O4S. The number of piperazine rings is 1. The molecule has 1 aliphatic rings. The van der Waals surface area contributed by atoms with Gasteiger partial charge in [0.05, 0.1) is 24.1 Å². The Labute approximate surface area is 191 Å². The van der Waals surface area contributed by atoms with E-state index in [2.05, 4.69) is 0 Å². The summed E-state index contributed by atoms with van der Waals surface area (Å²) < 4.78 is 70.5. The van der Waals surface area contributed by atoms with Crippen LogP contribution in [-0.2, 0) is 21.0 Å². The Morgan fingerprint density at radius 3 is 2.33 bits per heavy atom. The largest absolute Gasteiger partial charge is 0.492 e. The van der Waals surface area contributed by atoms with E-state index in [-0.39, 0.29) is 18.8 Å². The molecule has 2 aromatic carbocycles. The van der Waals surface area contributed by atoms with E-state index >= 15 is 0 Å². The number of hydrogen-bond acceptors (Lipinski definition) is 5. The summed E-state index contributed by atoms with van der Waals surface area (Å²) >= 11 is 0. The van der Waals surface area contributed by atoms with Crippen LogP contribution in [0.25, 0.3) is 0 Å². The van der Waals surface area contributed by atoms with Gasteiger partial charge in [-0.25, -0.2) is 8.42 Å². The molecule has 1 amide bonds. The number of ether oxygens (including phenoxy) is 1. The third-order valence-corrected chi connectivity index (χ3v) is 6.41. The van der Waals surface area contributed by atoms with Crippen molar-refractivity contribution in [3.8, 4) is 5.75 Å². The lowest BCUT2D eigenvalue weighted by Crippen LogP contribution is -2.52. The normalized spacial score (nSPS) is 14.8. The summed E-state index contributed by atoms with van der Waals surface area (Å²) in [5.74, 6) is -0.0389. The number of alkyl halides is 3.